The number of aliphatic hydroxyl groups excluding tert-OH is 9. The van der Waals surface area contributed by atoms with Crippen LogP contribution in [0.15, 0.2) is 30.3 Å². The molecule has 45 nitrogen and oxygen atoms in total. The Kier molecular flexibility index (Phi) is 57.5. The van der Waals surface area contributed by atoms with Crippen molar-refractivity contribution in [3.8, 4) is 0 Å². The van der Waals surface area contributed by atoms with Crippen LogP contribution in [0.3, 0.4) is 0 Å². The number of benzene rings is 1. The van der Waals surface area contributed by atoms with E-state index in [2.05, 4.69) is 28.2 Å². The SMILES string of the molecule is CC(=O)NC1[C@H](OCCOCCOCCOP(O)(=S)OCCCOCC(COCCCOP(O)(=S)OCCOCCOCCO[C@@H]2OC(CO)[C@@H](O)[C@H](O)C2NC(C)=O)(COCCCOP(O)(=S)OC(=O)OCc2ccccc2)COCCCO[PH](O)(S)OCCOCCOCCO[C@@H]2OC(CO)[C@H](O)[C@H](O)C2NC(C)=O)OC(CO)[C@@H](O)[C@@H]1O. The molecule has 3 heterocycles. The Balaban J connectivity index is 1.28. The molecule has 0 aliphatic carbocycles. The van der Waals surface area contributed by atoms with Gasteiger partial charge in [-0.25, -0.2) is 4.79 Å². The molecule has 0 bridgehead atoms. The first-order valence-electron chi connectivity index (χ1n) is 38.4. The van der Waals surface area contributed by atoms with Crippen molar-refractivity contribution < 1.29 is 201 Å². The van der Waals surface area contributed by atoms with Crippen LogP contribution in [0.2, 0.25) is 0 Å². The van der Waals surface area contributed by atoms with Gasteiger partial charge in [0.15, 0.2) is 12.6 Å². The molecule has 3 fully saturated rings. The Morgan fingerprint density at radius 3 is 1.03 bits per heavy atom. The van der Waals surface area contributed by atoms with Crippen molar-refractivity contribution in [2.45, 2.75) is 145 Å². The van der Waals surface area contributed by atoms with Gasteiger partial charge in [-0.3, -0.25) is 18.9 Å². The first kappa shape index (κ1) is 111. The molecule has 3 saturated heterocycles. The van der Waals surface area contributed by atoms with Gasteiger partial charge in [-0.15, -0.1) is 0 Å². The molecule has 0 radical (unpaired) electrons. The minimum Gasteiger partial charge on any atom is -0.394 e. The molecule has 4 rings (SSSR count). The molecule has 120 heavy (non-hydrogen) atoms. The van der Waals surface area contributed by atoms with Crippen LogP contribution in [-0.2, 0) is 173 Å². The zero-order chi connectivity index (χ0) is 88.3. The molecule has 1 aromatic rings. The fourth-order valence-corrected chi connectivity index (χ4v) is 15.7. The van der Waals surface area contributed by atoms with Gasteiger partial charge in [0.25, 0.3) is 0 Å². The zero-order valence-electron chi connectivity index (χ0n) is 67.1. The molecule has 0 aromatic heterocycles. The molecule has 3 aliphatic heterocycles. The van der Waals surface area contributed by atoms with Crippen LogP contribution in [-0.4, -0.2) is 399 Å². The molecular weight excluding hydrogens is 1770 g/mol. The van der Waals surface area contributed by atoms with Crippen molar-refractivity contribution in [1.29, 1.82) is 0 Å². The van der Waals surface area contributed by atoms with Gasteiger partial charge in [-0.05, 0) is 29.2 Å². The summed E-state index contributed by atoms with van der Waals surface area (Å²) in [6.07, 6.45) is -16.3. The Bertz CT molecular complexity index is 2980. The van der Waals surface area contributed by atoms with Crippen LogP contribution in [0.1, 0.15) is 52.0 Å². The Labute approximate surface area is 717 Å². The Hall–Kier alpha value is -1.81. The van der Waals surface area contributed by atoms with Crippen LogP contribution < -0.4 is 16.0 Å². The number of carbonyl (C=O) groups excluding carboxylic acids is 4. The molecule has 3 amide bonds. The normalized spacial score (nSPS) is 25.6. The maximum atomic E-state index is 12.4. The van der Waals surface area contributed by atoms with Gasteiger partial charge < -0.3 is 142 Å². The summed E-state index contributed by atoms with van der Waals surface area (Å²) in [7, 11) is -3.99. The molecule has 1 aromatic carbocycles. The van der Waals surface area contributed by atoms with Crippen molar-refractivity contribution in [1.82, 2.24) is 16.0 Å². The third-order valence-electron chi connectivity index (χ3n) is 16.7. The molecule has 53 heteroatoms. The van der Waals surface area contributed by atoms with Crippen molar-refractivity contribution in [2.24, 2.45) is 5.41 Å². The average molecular weight is 1890 g/mol. The fourth-order valence-electron chi connectivity index (χ4n) is 10.9. The maximum absolute atomic E-state index is 12.4. The van der Waals surface area contributed by atoms with E-state index in [0.717, 1.165) is 0 Å². The second-order valence-electron chi connectivity index (χ2n) is 26.6. The number of hydrogen-bond donors (Lipinski definition) is 17. The third kappa shape index (κ3) is 47.5. The second kappa shape index (κ2) is 62.4. The average Bonchev–Trinajstić information content (AvgIpc) is 0.816. The quantitative estimate of drug-likeness (QED) is 0.0134. The van der Waals surface area contributed by atoms with Gasteiger partial charge in [-0.1, -0.05) is 30.3 Å². The standard InChI is InChI=1S/C67H123N3O42P4S4/c1-47(74)68-54-60(80)57(77)51(39-71)109-63(54)98-33-27-88-21-24-91-30-36-106-113(84,117)102-17-7-13-94-43-67(46-97-16-10-20-105-116(87,120)112-66(83)101-42-50-11-5-4-6-12-50,44-95-14-8-18-103-114(85,118)107-37-31-92-25-22-89-28-34-99-64-55(69-48(2)75)61(81)58(78)52(40-72)110-64)45-96-15-9-19-104-115(86,119)108-38-32-93-26-23-90-29-35-100-65-56(70-49(3)76)62(82)59(79)53(41-73)111-65/h4-6,11-12,51-65,71-73,77-82,84,113,117H,7-10,13-46H2,1-3H3,(H,68,74)(H,69,75)(H,70,76)(H,85,118)(H,86,119)(H,87,120)/t51?,52?,53?,54?,55?,56?,57-,58+,59+,60+,61+,62+,63+,64+,65+,67?,114?,115?,116?/m0/s1. The summed E-state index contributed by atoms with van der Waals surface area (Å²) in [5.41, 5.74) is -0.452. The number of aliphatic hydroxyl groups is 9. The van der Waals surface area contributed by atoms with Gasteiger partial charge in [0.1, 0.15) is 73.6 Å². The van der Waals surface area contributed by atoms with Crippen molar-refractivity contribution in [3.63, 3.8) is 0 Å². The number of nitrogens with one attached hydrogen (secondary N) is 3. The predicted octanol–water partition coefficient (Wildman–Crippen LogP) is -2.97. The summed E-state index contributed by atoms with van der Waals surface area (Å²) in [6, 6.07) is 5.38. The minimum atomic E-state index is -4.11. The van der Waals surface area contributed by atoms with Crippen LogP contribution in [0.4, 0.5) is 4.79 Å². The van der Waals surface area contributed by atoms with Crippen LogP contribution in [0.25, 0.3) is 0 Å². The minimum absolute atomic E-state index is 0.00442. The number of rotatable bonds is 70. The molecular formula is C67H123N3O42P4S4. The molecule has 0 spiro atoms. The number of carbonyl (C=O) groups is 4. The van der Waals surface area contributed by atoms with E-state index >= 15 is 0 Å². The van der Waals surface area contributed by atoms with E-state index in [1.165, 1.54) is 20.8 Å². The Morgan fingerprint density at radius 2 is 0.700 bits per heavy atom. The summed E-state index contributed by atoms with van der Waals surface area (Å²) in [6.45, 7) is -10.5. The summed E-state index contributed by atoms with van der Waals surface area (Å²) in [5, 5.41) is 98.2. The van der Waals surface area contributed by atoms with E-state index in [0.29, 0.717) is 5.56 Å². The van der Waals surface area contributed by atoms with Crippen LogP contribution in [0, 0.1) is 5.41 Å². The third-order valence-corrected chi connectivity index (χ3v) is 23.4. The first-order chi connectivity index (χ1) is 57.3. The van der Waals surface area contributed by atoms with E-state index in [9.17, 15) is 84.7 Å². The molecule has 16 N–H and O–H groups in total. The van der Waals surface area contributed by atoms with Gasteiger partial charge in [0.05, 0.1) is 99.1 Å². The number of ether oxygens (including phenoxy) is 17. The van der Waals surface area contributed by atoms with E-state index < -0.39 is 168 Å². The molecule has 702 valence electrons. The first-order valence-corrected chi connectivity index (χ1v) is 49.2. The molecule has 0 saturated carbocycles. The van der Waals surface area contributed by atoms with Crippen molar-refractivity contribution in [3.05, 3.63) is 35.9 Å². The van der Waals surface area contributed by atoms with E-state index in [4.69, 9.17) is 152 Å². The van der Waals surface area contributed by atoms with E-state index in [1.807, 2.05) is 0 Å². The van der Waals surface area contributed by atoms with Gasteiger partial charge in [0, 0.05) is 32.6 Å². The predicted molar refractivity (Wildman–Crippen MR) is 431 cm³/mol. The fraction of sp³-hybridized carbons (Fsp3) is 0.851. The summed E-state index contributed by atoms with van der Waals surface area (Å²) in [5.74, 6) is -1.51. The molecule has 9 unspecified atom stereocenters. The zero-order valence-corrected chi connectivity index (χ0v) is 74.1. The summed E-state index contributed by atoms with van der Waals surface area (Å²) >= 11 is 19.7. The second-order valence-corrected chi connectivity index (χ2v) is 38.5. The van der Waals surface area contributed by atoms with Gasteiger partial charge in [0.2, 0.25) is 17.7 Å². The summed E-state index contributed by atoms with van der Waals surface area (Å²) in [4.78, 5) is 90.7. The number of hydrogen-bond acceptors (Lipinski definition) is 43. The number of thiol groups is 1. The molecule has 18 atom stereocenters. The number of amides is 3. The monoisotopic (exact) mass is 1890 g/mol. The van der Waals surface area contributed by atoms with E-state index in [-0.39, 0.29) is 230 Å². The molecule has 3 aliphatic rings. The smallest absolute Gasteiger partial charge is 0.394 e. The van der Waals surface area contributed by atoms with Crippen LogP contribution in [0.5, 0.6) is 0 Å². The Morgan fingerprint density at radius 1 is 0.408 bits per heavy atom. The van der Waals surface area contributed by atoms with Gasteiger partial charge >= 0.3 is 260 Å². The van der Waals surface area contributed by atoms with E-state index in [1.54, 1.807) is 30.3 Å². The topological polar surface area (TPSA) is 598 Å². The van der Waals surface area contributed by atoms with Crippen molar-refractivity contribution >= 4 is 98.8 Å². The van der Waals surface area contributed by atoms with Crippen molar-refractivity contribution in [2.75, 3.05) is 218 Å². The van der Waals surface area contributed by atoms with Crippen LogP contribution >= 0.6 is 39.5 Å². The summed E-state index contributed by atoms with van der Waals surface area (Å²) < 4.78 is 140. The van der Waals surface area contributed by atoms with Gasteiger partial charge in [-0.2, -0.15) is 0 Å².